The Bertz CT molecular complexity index is 120. The van der Waals surface area contributed by atoms with Crippen LogP contribution in [0.2, 0.25) is 0 Å². The van der Waals surface area contributed by atoms with E-state index in [1.807, 2.05) is 0 Å². The van der Waals surface area contributed by atoms with Gasteiger partial charge in [-0.05, 0) is 19.3 Å². The van der Waals surface area contributed by atoms with E-state index in [1.165, 1.54) is 25.8 Å². The molecule has 0 fully saturated rings. The lowest BCUT2D eigenvalue weighted by atomic mass is 10.1. The SMILES string of the molecule is C[NH2+]CCCCCCCC(=O)O.Cl. The second kappa shape index (κ2) is 11.7. The highest BCUT2D eigenvalue weighted by molar-refractivity contribution is 5.85. The van der Waals surface area contributed by atoms with Crippen molar-refractivity contribution in [3.05, 3.63) is 0 Å². The molecule has 0 amide bonds. The smallest absolute Gasteiger partial charge is 0.303 e. The summed E-state index contributed by atoms with van der Waals surface area (Å²) in [5, 5.41) is 10.5. The summed E-state index contributed by atoms with van der Waals surface area (Å²) in [7, 11) is 2.07. The van der Waals surface area contributed by atoms with Crippen LogP contribution in [0.1, 0.15) is 38.5 Å². The first-order valence-corrected chi connectivity index (χ1v) is 4.77. The molecular weight excluding hydrogens is 190 g/mol. The summed E-state index contributed by atoms with van der Waals surface area (Å²) in [6.45, 7) is 1.19. The normalized spacial score (nSPS) is 9.31. The molecule has 3 nitrogen and oxygen atoms in total. The lowest BCUT2D eigenvalue weighted by Crippen LogP contribution is -2.79. The molecule has 0 heterocycles. The second-order valence-corrected chi connectivity index (χ2v) is 3.11. The molecule has 0 aliphatic rings. The first-order valence-electron chi connectivity index (χ1n) is 4.77. The molecule has 0 rings (SSSR count). The molecule has 0 saturated carbocycles. The highest BCUT2D eigenvalue weighted by Gasteiger charge is 1.96. The van der Waals surface area contributed by atoms with E-state index in [9.17, 15) is 4.79 Å². The second-order valence-electron chi connectivity index (χ2n) is 3.11. The summed E-state index contributed by atoms with van der Waals surface area (Å²) in [5.41, 5.74) is 0. The molecule has 3 N–H and O–H groups in total. The molecule has 4 heteroatoms. The molecule has 0 radical (unpaired) electrons. The minimum atomic E-state index is -0.670. The lowest BCUT2D eigenvalue weighted by molar-refractivity contribution is -0.627. The number of aliphatic carboxylic acids is 1. The number of hydrogen-bond donors (Lipinski definition) is 2. The van der Waals surface area contributed by atoms with Crippen LogP contribution in [0.4, 0.5) is 0 Å². The van der Waals surface area contributed by atoms with Gasteiger partial charge in [0, 0.05) is 6.42 Å². The number of hydrogen-bond acceptors (Lipinski definition) is 1. The molecule has 80 valence electrons. The molecule has 0 bridgehead atoms. The van der Waals surface area contributed by atoms with Gasteiger partial charge in [-0.25, -0.2) is 0 Å². The zero-order chi connectivity index (χ0) is 9.23. The number of carbonyl (C=O) groups is 1. The molecule has 0 aliphatic carbocycles. The molecule has 0 aliphatic heterocycles. The van der Waals surface area contributed by atoms with E-state index in [4.69, 9.17) is 5.11 Å². The number of halogens is 1. The Morgan fingerprint density at radius 1 is 1.15 bits per heavy atom. The summed E-state index contributed by atoms with van der Waals surface area (Å²) in [6.07, 6.45) is 5.91. The van der Waals surface area contributed by atoms with Crippen LogP contribution in [0, 0.1) is 0 Å². The van der Waals surface area contributed by atoms with Crippen molar-refractivity contribution in [1.29, 1.82) is 0 Å². The number of quaternary nitrogens is 1. The minimum Gasteiger partial charge on any atom is -0.481 e. The van der Waals surface area contributed by atoms with E-state index < -0.39 is 5.97 Å². The van der Waals surface area contributed by atoms with Crippen molar-refractivity contribution in [3.8, 4) is 0 Å². The van der Waals surface area contributed by atoms with E-state index in [0.29, 0.717) is 6.42 Å². The van der Waals surface area contributed by atoms with Gasteiger partial charge < -0.3 is 10.4 Å². The highest BCUT2D eigenvalue weighted by Crippen LogP contribution is 2.04. The van der Waals surface area contributed by atoms with Gasteiger partial charge in [0.15, 0.2) is 0 Å². The van der Waals surface area contributed by atoms with E-state index in [1.54, 1.807) is 0 Å². The zero-order valence-electron chi connectivity index (χ0n) is 8.29. The molecule has 0 aromatic rings. The Morgan fingerprint density at radius 2 is 1.69 bits per heavy atom. The summed E-state index contributed by atoms with van der Waals surface area (Å²) in [6, 6.07) is 0. The van der Waals surface area contributed by atoms with Gasteiger partial charge in [-0.15, -0.1) is 12.4 Å². The molecule has 0 spiro atoms. The summed E-state index contributed by atoms with van der Waals surface area (Å²) in [4.78, 5) is 10.1. The van der Waals surface area contributed by atoms with Crippen LogP contribution in [0.25, 0.3) is 0 Å². The fourth-order valence-electron chi connectivity index (χ4n) is 1.16. The molecule has 13 heavy (non-hydrogen) atoms. The average Bonchev–Trinajstić information content (AvgIpc) is 2.02. The van der Waals surface area contributed by atoms with Gasteiger partial charge in [0.2, 0.25) is 0 Å². The molecule has 0 atom stereocenters. The van der Waals surface area contributed by atoms with Crippen molar-refractivity contribution >= 4 is 18.4 Å². The fourth-order valence-corrected chi connectivity index (χ4v) is 1.16. The molecule has 0 aromatic carbocycles. The molecule has 0 aromatic heterocycles. The van der Waals surface area contributed by atoms with Crippen LogP contribution in [0.5, 0.6) is 0 Å². The first-order chi connectivity index (χ1) is 5.77. The van der Waals surface area contributed by atoms with Gasteiger partial charge >= 0.3 is 5.97 Å². The fraction of sp³-hybridized carbons (Fsp3) is 0.889. The summed E-state index contributed by atoms with van der Waals surface area (Å²) >= 11 is 0. The number of nitrogens with two attached hydrogens (primary N) is 1. The minimum absolute atomic E-state index is 0. The van der Waals surface area contributed by atoms with E-state index in [0.717, 1.165) is 12.8 Å². The number of unbranched alkanes of at least 4 members (excludes halogenated alkanes) is 4. The van der Waals surface area contributed by atoms with Gasteiger partial charge in [-0.2, -0.15) is 0 Å². The Hall–Kier alpha value is -0.280. The predicted octanol–water partition coefficient (Wildman–Crippen LogP) is 1.03. The van der Waals surface area contributed by atoms with Gasteiger partial charge in [-0.1, -0.05) is 12.8 Å². The van der Waals surface area contributed by atoms with Crippen LogP contribution in [-0.4, -0.2) is 24.7 Å². The quantitative estimate of drug-likeness (QED) is 0.588. The van der Waals surface area contributed by atoms with Crippen LogP contribution in [0.3, 0.4) is 0 Å². The third kappa shape index (κ3) is 14.6. The van der Waals surface area contributed by atoms with Crippen molar-refractivity contribution in [1.82, 2.24) is 0 Å². The molecular formula is C9H21ClNO2+. The predicted molar refractivity (Wildman–Crippen MR) is 55.3 cm³/mol. The summed E-state index contributed by atoms with van der Waals surface area (Å²) < 4.78 is 0. The molecule has 0 unspecified atom stereocenters. The first kappa shape index (κ1) is 15.2. The Balaban J connectivity index is 0. The third-order valence-electron chi connectivity index (χ3n) is 1.88. The monoisotopic (exact) mass is 210 g/mol. The van der Waals surface area contributed by atoms with Crippen molar-refractivity contribution in [3.63, 3.8) is 0 Å². The summed E-state index contributed by atoms with van der Waals surface area (Å²) in [5.74, 6) is -0.670. The Morgan fingerprint density at radius 3 is 2.23 bits per heavy atom. The van der Waals surface area contributed by atoms with Crippen LogP contribution in [0.15, 0.2) is 0 Å². The maximum absolute atomic E-state index is 10.1. The van der Waals surface area contributed by atoms with Crippen molar-refractivity contribution in [2.45, 2.75) is 38.5 Å². The Labute approximate surface area is 86.3 Å². The lowest BCUT2D eigenvalue weighted by Gasteiger charge is -1.97. The number of carboxylic acids is 1. The zero-order valence-corrected chi connectivity index (χ0v) is 9.11. The largest absolute Gasteiger partial charge is 0.481 e. The van der Waals surface area contributed by atoms with Crippen molar-refractivity contribution in [2.24, 2.45) is 0 Å². The highest BCUT2D eigenvalue weighted by atomic mass is 35.5. The standard InChI is InChI=1S/C9H19NO2.ClH/c1-10-8-6-4-2-3-5-7-9(11)12;/h10H,2-8H2,1H3,(H,11,12);1H/p+1. The van der Waals surface area contributed by atoms with Crippen molar-refractivity contribution < 1.29 is 15.2 Å². The van der Waals surface area contributed by atoms with E-state index >= 15 is 0 Å². The van der Waals surface area contributed by atoms with Gasteiger partial charge in [0.05, 0.1) is 13.6 Å². The van der Waals surface area contributed by atoms with Gasteiger partial charge in [-0.3, -0.25) is 4.79 Å². The molecule has 0 saturated heterocycles. The van der Waals surface area contributed by atoms with Crippen molar-refractivity contribution in [2.75, 3.05) is 13.6 Å². The van der Waals surface area contributed by atoms with Crippen LogP contribution >= 0.6 is 12.4 Å². The number of carboxylic acid groups (broad SMARTS) is 1. The van der Waals surface area contributed by atoms with Gasteiger partial charge in [0.1, 0.15) is 0 Å². The third-order valence-corrected chi connectivity index (χ3v) is 1.88. The number of rotatable bonds is 8. The van der Waals surface area contributed by atoms with Gasteiger partial charge in [0.25, 0.3) is 0 Å². The van der Waals surface area contributed by atoms with E-state index in [2.05, 4.69) is 12.4 Å². The maximum atomic E-state index is 10.1. The van der Waals surface area contributed by atoms with Crippen LogP contribution in [-0.2, 0) is 4.79 Å². The Kier molecular flexibility index (Phi) is 13.7. The average molecular weight is 211 g/mol. The topological polar surface area (TPSA) is 53.9 Å². The van der Waals surface area contributed by atoms with E-state index in [-0.39, 0.29) is 12.4 Å². The van der Waals surface area contributed by atoms with Crippen LogP contribution < -0.4 is 5.32 Å². The maximum Gasteiger partial charge on any atom is 0.303 e.